The van der Waals surface area contributed by atoms with Crippen LogP contribution in [0.2, 0.25) is 0 Å². The molecule has 0 spiro atoms. The summed E-state index contributed by atoms with van der Waals surface area (Å²) in [5.41, 5.74) is 3.36. The van der Waals surface area contributed by atoms with Gasteiger partial charge in [0.2, 0.25) is 0 Å². The average molecular weight is 320 g/mol. The summed E-state index contributed by atoms with van der Waals surface area (Å²) in [6.45, 7) is 6.31. The van der Waals surface area contributed by atoms with Crippen LogP contribution in [0.5, 0.6) is 5.75 Å². The zero-order valence-corrected chi connectivity index (χ0v) is 14.0. The topological polar surface area (TPSA) is 55.1 Å². The number of benzene rings is 2. The van der Waals surface area contributed by atoms with E-state index in [1.54, 1.807) is 16.9 Å². The highest BCUT2D eigenvalue weighted by Crippen LogP contribution is 2.34. The van der Waals surface area contributed by atoms with Crippen molar-refractivity contribution in [2.75, 3.05) is 0 Å². The number of carbonyl (C=O) groups is 1. The molecule has 0 bridgehead atoms. The highest BCUT2D eigenvalue weighted by molar-refractivity contribution is 5.87. The van der Waals surface area contributed by atoms with Gasteiger partial charge in [0.25, 0.3) is 0 Å². The maximum absolute atomic E-state index is 11.5. The fraction of sp³-hybridized carbons (Fsp3) is 0.200. The van der Waals surface area contributed by atoms with Crippen molar-refractivity contribution in [3.8, 4) is 22.7 Å². The second kappa shape index (κ2) is 5.96. The smallest absolute Gasteiger partial charge is 0.153 e. The Balaban J connectivity index is 2.16. The van der Waals surface area contributed by atoms with Gasteiger partial charge in [-0.05, 0) is 35.2 Å². The van der Waals surface area contributed by atoms with Gasteiger partial charge in [0.1, 0.15) is 11.4 Å². The molecular weight excluding hydrogens is 300 g/mol. The minimum Gasteiger partial charge on any atom is -0.507 e. The lowest BCUT2D eigenvalue weighted by Gasteiger charge is -2.20. The zero-order valence-electron chi connectivity index (χ0n) is 14.0. The monoisotopic (exact) mass is 320 g/mol. The second-order valence-corrected chi connectivity index (χ2v) is 6.81. The van der Waals surface area contributed by atoms with Crippen molar-refractivity contribution < 1.29 is 9.90 Å². The number of aromatic hydroxyl groups is 1. The number of carbonyl (C=O) groups excluding carboxylic acids is 1. The number of hydrogen-bond acceptors (Lipinski definition) is 3. The van der Waals surface area contributed by atoms with Gasteiger partial charge >= 0.3 is 0 Å². The van der Waals surface area contributed by atoms with E-state index in [-0.39, 0.29) is 11.2 Å². The first-order valence-electron chi connectivity index (χ1n) is 7.84. The molecule has 0 aliphatic rings. The lowest BCUT2D eigenvalue weighted by Crippen LogP contribution is -2.10. The maximum atomic E-state index is 11.5. The van der Waals surface area contributed by atoms with Crippen molar-refractivity contribution >= 4 is 6.29 Å². The van der Waals surface area contributed by atoms with Gasteiger partial charge in [-0.15, -0.1) is 0 Å². The summed E-state index contributed by atoms with van der Waals surface area (Å²) in [5, 5.41) is 14.8. The number of rotatable bonds is 3. The van der Waals surface area contributed by atoms with Gasteiger partial charge in [-0.2, -0.15) is 5.10 Å². The minimum absolute atomic E-state index is 0.0637. The lowest BCUT2D eigenvalue weighted by molar-refractivity contribution is 0.112. The van der Waals surface area contributed by atoms with Gasteiger partial charge < -0.3 is 5.11 Å². The molecule has 0 saturated heterocycles. The molecule has 0 atom stereocenters. The van der Waals surface area contributed by atoms with Crippen LogP contribution in [0.3, 0.4) is 0 Å². The molecule has 0 radical (unpaired) electrons. The first-order chi connectivity index (χ1) is 11.4. The standard InChI is InChI=1S/C20H20N2O2/c1-20(2,3)15-9-10-18(24)17(11-15)19-14(13-23)12-22(21-19)16-7-5-4-6-8-16/h4-13,24H,1-3H3. The largest absolute Gasteiger partial charge is 0.507 e. The predicted molar refractivity (Wildman–Crippen MR) is 94.8 cm³/mol. The van der Waals surface area contributed by atoms with Crippen LogP contribution in [0.1, 0.15) is 36.7 Å². The molecule has 0 amide bonds. The lowest BCUT2D eigenvalue weighted by atomic mass is 9.85. The van der Waals surface area contributed by atoms with Crippen LogP contribution in [0, 0.1) is 0 Å². The normalized spacial score (nSPS) is 11.5. The van der Waals surface area contributed by atoms with Crippen molar-refractivity contribution in [2.24, 2.45) is 0 Å². The Bertz CT molecular complexity index is 874. The quantitative estimate of drug-likeness (QED) is 0.730. The molecular formula is C20H20N2O2. The molecule has 24 heavy (non-hydrogen) atoms. The van der Waals surface area contributed by atoms with E-state index in [1.807, 2.05) is 42.5 Å². The highest BCUT2D eigenvalue weighted by atomic mass is 16.3. The molecule has 122 valence electrons. The number of hydrogen-bond donors (Lipinski definition) is 1. The van der Waals surface area contributed by atoms with Crippen LogP contribution >= 0.6 is 0 Å². The number of phenols is 1. The molecule has 1 aromatic heterocycles. The average Bonchev–Trinajstić information content (AvgIpc) is 2.99. The fourth-order valence-corrected chi connectivity index (χ4v) is 2.59. The third kappa shape index (κ3) is 2.95. The Morgan fingerprint density at radius 2 is 1.79 bits per heavy atom. The van der Waals surface area contributed by atoms with Gasteiger partial charge in [0.15, 0.2) is 6.29 Å². The van der Waals surface area contributed by atoms with Crippen LogP contribution in [-0.4, -0.2) is 21.2 Å². The summed E-state index contributed by atoms with van der Waals surface area (Å²) >= 11 is 0. The zero-order chi connectivity index (χ0) is 17.3. The summed E-state index contributed by atoms with van der Waals surface area (Å²) in [6.07, 6.45) is 2.45. The van der Waals surface area contributed by atoms with Crippen molar-refractivity contribution in [2.45, 2.75) is 26.2 Å². The van der Waals surface area contributed by atoms with Crippen LogP contribution < -0.4 is 0 Å². The highest BCUT2D eigenvalue weighted by Gasteiger charge is 2.19. The van der Waals surface area contributed by atoms with Crippen LogP contribution in [0.4, 0.5) is 0 Å². The molecule has 3 rings (SSSR count). The summed E-state index contributed by atoms with van der Waals surface area (Å²) in [4.78, 5) is 11.5. The second-order valence-electron chi connectivity index (χ2n) is 6.81. The van der Waals surface area contributed by atoms with Crippen molar-refractivity contribution in [3.63, 3.8) is 0 Å². The Morgan fingerprint density at radius 3 is 2.42 bits per heavy atom. The van der Waals surface area contributed by atoms with E-state index in [0.717, 1.165) is 17.5 Å². The van der Waals surface area contributed by atoms with Gasteiger partial charge in [0, 0.05) is 11.8 Å². The predicted octanol–water partition coefficient (Wildman–Crippen LogP) is 4.35. The molecule has 4 nitrogen and oxygen atoms in total. The summed E-state index contributed by atoms with van der Waals surface area (Å²) in [7, 11) is 0. The SMILES string of the molecule is CC(C)(C)c1ccc(O)c(-c2nn(-c3ccccc3)cc2C=O)c1. The van der Waals surface area contributed by atoms with E-state index in [0.29, 0.717) is 16.8 Å². The van der Waals surface area contributed by atoms with Crippen molar-refractivity contribution in [1.82, 2.24) is 9.78 Å². The Morgan fingerprint density at radius 1 is 1.08 bits per heavy atom. The molecule has 3 aromatic rings. The molecule has 4 heteroatoms. The third-order valence-electron chi connectivity index (χ3n) is 4.01. The Kier molecular flexibility index (Phi) is 3.97. The van der Waals surface area contributed by atoms with E-state index in [9.17, 15) is 9.90 Å². The van der Waals surface area contributed by atoms with E-state index in [2.05, 4.69) is 25.9 Å². The molecule has 1 N–H and O–H groups in total. The fourth-order valence-electron chi connectivity index (χ4n) is 2.59. The van der Waals surface area contributed by atoms with E-state index in [4.69, 9.17) is 0 Å². The Hall–Kier alpha value is -2.88. The van der Waals surface area contributed by atoms with E-state index in [1.165, 1.54) is 0 Å². The van der Waals surface area contributed by atoms with Crippen molar-refractivity contribution in [1.29, 1.82) is 0 Å². The molecule has 0 saturated carbocycles. The molecule has 0 fully saturated rings. The molecule has 0 aliphatic heterocycles. The molecule has 0 unspecified atom stereocenters. The Labute approximate surface area is 141 Å². The van der Waals surface area contributed by atoms with Crippen LogP contribution in [0.15, 0.2) is 54.7 Å². The number of para-hydroxylation sites is 1. The van der Waals surface area contributed by atoms with Gasteiger partial charge in [-0.25, -0.2) is 4.68 Å². The van der Waals surface area contributed by atoms with E-state index >= 15 is 0 Å². The molecule has 0 aliphatic carbocycles. The van der Waals surface area contributed by atoms with Crippen LogP contribution in [0.25, 0.3) is 16.9 Å². The number of phenolic OH excluding ortho intramolecular Hbond substituents is 1. The van der Waals surface area contributed by atoms with Gasteiger partial charge in [-0.3, -0.25) is 4.79 Å². The van der Waals surface area contributed by atoms with Gasteiger partial charge in [0.05, 0.1) is 11.3 Å². The number of aromatic nitrogens is 2. The maximum Gasteiger partial charge on any atom is 0.153 e. The molecule has 1 heterocycles. The van der Waals surface area contributed by atoms with E-state index < -0.39 is 0 Å². The van der Waals surface area contributed by atoms with Gasteiger partial charge in [-0.1, -0.05) is 45.0 Å². The summed E-state index contributed by atoms with van der Waals surface area (Å²) < 4.78 is 1.66. The first kappa shape index (κ1) is 16.0. The first-order valence-corrected chi connectivity index (χ1v) is 7.84. The van der Waals surface area contributed by atoms with Crippen LogP contribution in [-0.2, 0) is 5.41 Å². The summed E-state index contributed by atoms with van der Waals surface area (Å²) in [5.74, 6) is 0.115. The minimum atomic E-state index is -0.0637. The molecule has 2 aromatic carbocycles. The van der Waals surface area contributed by atoms with Crippen molar-refractivity contribution in [3.05, 3.63) is 65.9 Å². The summed E-state index contributed by atoms with van der Waals surface area (Å²) in [6, 6.07) is 15.0. The number of nitrogens with zero attached hydrogens (tertiary/aromatic N) is 2. The third-order valence-corrected chi connectivity index (χ3v) is 4.01. The number of aldehydes is 1.